The normalized spacial score (nSPS) is 13.8. The summed E-state index contributed by atoms with van der Waals surface area (Å²) in [6.45, 7) is 6.92. The molecular weight excluding hydrogens is 500 g/mol. The zero-order chi connectivity index (χ0) is 25.9. The van der Waals surface area contributed by atoms with E-state index in [2.05, 4.69) is 65.5 Å². The van der Waals surface area contributed by atoms with E-state index in [1.54, 1.807) is 11.8 Å². The van der Waals surface area contributed by atoms with E-state index in [0.29, 0.717) is 17.2 Å². The Balaban J connectivity index is 1.37. The Kier molecular flexibility index (Phi) is 7.72. The molecule has 0 saturated heterocycles. The number of para-hydroxylation sites is 1. The molecule has 2 aromatic heterocycles. The van der Waals surface area contributed by atoms with Gasteiger partial charge in [-0.3, -0.25) is 4.79 Å². The Morgan fingerprint density at radius 3 is 2.76 bits per heavy atom. The van der Waals surface area contributed by atoms with Gasteiger partial charge in [0.15, 0.2) is 0 Å². The molecule has 0 aliphatic heterocycles. The summed E-state index contributed by atoms with van der Waals surface area (Å²) in [6.07, 6.45) is 6.13. The summed E-state index contributed by atoms with van der Waals surface area (Å²) in [4.78, 5) is 28.4. The first-order chi connectivity index (χ1) is 17.9. The van der Waals surface area contributed by atoms with Gasteiger partial charge in [0.1, 0.15) is 5.00 Å². The molecule has 0 saturated carbocycles. The molecule has 2 heterocycles. The van der Waals surface area contributed by atoms with Gasteiger partial charge in [0, 0.05) is 33.4 Å². The van der Waals surface area contributed by atoms with Crippen LogP contribution in [0.25, 0.3) is 10.9 Å². The molecule has 0 fully saturated rings. The molecule has 37 heavy (non-hydrogen) atoms. The Bertz CT molecular complexity index is 1450. The van der Waals surface area contributed by atoms with Crippen molar-refractivity contribution in [2.45, 2.75) is 63.1 Å². The number of hydrogen-bond acceptors (Lipinski definition) is 5. The topological polar surface area (TPSA) is 60.3 Å². The summed E-state index contributed by atoms with van der Waals surface area (Å²) in [7, 11) is 0. The number of anilines is 1. The van der Waals surface area contributed by atoms with Gasteiger partial charge in [-0.2, -0.15) is 0 Å². The van der Waals surface area contributed by atoms with E-state index in [0.717, 1.165) is 53.6 Å². The maximum atomic E-state index is 13.3. The van der Waals surface area contributed by atoms with Crippen molar-refractivity contribution in [3.63, 3.8) is 0 Å². The summed E-state index contributed by atoms with van der Waals surface area (Å²) in [5, 5.41) is 4.51. The van der Waals surface area contributed by atoms with Crippen molar-refractivity contribution >= 4 is 50.9 Å². The predicted molar refractivity (Wildman–Crippen MR) is 153 cm³/mol. The van der Waals surface area contributed by atoms with Gasteiger partial charge in [-0.25, -0.2) is 4.79 Å². The van der Waals surface area contributed by atoms with Gasteiger partial charge in [0.05, 0.1) is 17.4 Å². The summed E-state index contributed by atoms with van der Waals surface area (Å²) in [5.74, 6) is -0.443. The molecule has 0 bridgehead atoms. The standard InChI is InChI=1S/C30H32N2O3S2/c1-4-35-30(34)27-23-13-6-8-15-25(23)37-29(27)31-28(33)20(3)36-26-18-32(24-14-7-5-12-22(24)26)17-21-11-9-10-19(2)16-21/h5,7,9-12,14,16,18,20H,4,6,8,13,15,17H2,1-3H3,(H,31,33). The fraction of sp³-hybridized carbons (Fsp3) is 0.333. The third-order valence-corrected chi connectivity index (χ3v) is 9.10. The minimum atomic E-state index is -0.340. The fourth-order valence-corrected chi connectivity index (χ4v) is 7.29. The Hall–Kier alpha value is -3.03. The average Bonchev–Trinajstić information content (AvgIpc) is 3.42. The summed E-state index contributed by atoms with van der Waals surface area (Å²) in [5.41, 5.74) is 5.25. The van der Waals surface area contributed by atoms with Crippen LogP contribution in [0.3, 0.4) is 0 Å². The van der Waals surface area contributed by atoms with Crippen LogP contribution in [0.2, 0.25) is 0 Å². The predicted octanol–water partition coefficient (Wildman–Crippen LogP) is 7.23. The highest BCUT2D eigenvalue weighted by Gasteiger charge is 2.28. The quantitative estimate of drug-likeness (QED) is 0.192. The van der Waals surface area contributed by atoms with Crippen LogP contribution in [0.4, 0.5) is 5.00 Å². The van der Waals surface area contributed by atoms with E-state index in [9.17, 15) is 9.59 Å². The number of nitrogens with one attached hydrogen (secondary N) is 1. The minimum absolute atomic E-state index is 0.107. The number of rotatable bonds is 8. The van der Waals surface area contributed by atoms with Crippen LogP contribution < -0.4 is 5.32 Å². The van der Waals surface area contributed by atoms with Crippen molar-refractivity contribution in [2.75, 3.05) is 11.9 Å². The monoisotopic (exact) mass is 532 g/mol. The van der Waals surface area contributed by atoms with Crippen LogP contribution in [0.15, 0.2) is 59.6 Å². The summed E-state index contributed by atoms with van der Waals surface area (Å²) < 4.78 is 7.60. The lowest BCUT2D eigenvalue weighted by Gasteiger charge is -2.13. The lowest BCUT2D eigenvalue weighted by atomic mass is 9.95. The van der Waals surface area contributed by atoms with Gasteiger partial charge in [0.25, 0.3) is 0 Å². The van der Waals surface area contributed by atoms with Gasteiger partial charge in [-0.05, 0) is 63.6 Å². The van der Waals surface area contributed by atoms with Gasteiger partial charge in [0.2, 0.25) is 5.91 Å². The van der Waals surface area contributed by atoms with E-state index in [4.69, 9.17) is 4.74 Å². The van der Waals surface area contributed by atoms with Gasteiger partial charge in [-0.15, -0.1) is 23.1 Å². The highest BCUT2D eigenvalue weighted by molar-refractivity contribution is 8.00. The van der Waals surface area contributed by atoms with Crippen LogP contribution in [-0.2, 0) is 28.9 Å². The number of ether oxygens (including phenoxy) is 1. The Morgan fingerprint density at radius 2 is 1.95 bits per heavy atom. The average molecular weight is 533 g/mol. The summed E-state index contributed by atoms with van der Waals surface area (Å²) in [6, 6.07) is 16.9. The number of benzene rings is 2. The first kappa shape index (κ1) is 25.6. The van der Waals surface area contributed by atoms with Crippen LogP contribution in [0.5, 0.6) is 0 Å². The largest absolute Gasteiger partial charge is 0.462 e. The van der Waals surface area contributed by atoms with E-state index in [-0.39, 0.29) is 17.1 Å². The molecule has 1 aliphatic rings. The number of aryl methyl sites for hydroxylation is 2. The van der Waals surface area contributed by atoms with E-state index < -0.39 is 0 Å². The molecule has 192 valence electrons. The molecule has 1 N–H and O–H groups in total. The van der Waals surface area contributed by atoms with Crippen molar-refractivity contribution < 1.29 is 14.3 Å². The highest BCUT2D eigenvalue weighted by Crippen LogP contribution is 2.39. The molecule has 1 amide bonds. The number of hydrogen-bond donors (Lipinski definition) is 1. The molecule has 2 aromatic carbocycles. The Morgan fingerprint density at radius 1 is 1.14 bits per heavy atom. The van der Waals surface area contributed by atoms with Gasteiger partial charge >= 0.3 is 5.97 Å². The third-order valence-electron chi connectivity index (χ3n) is 6.75. The molecule has 1 unspecified atom stereocenters. The van der Waals surface area contributed by atoms with Crippen molar-refractivity contribution in [3.8, 4) is 0 Å². The molecular formula is C30H32N2O3S2. The molecule has 1 atom stereocenters. The van der Waals surface area contributed by atoms with Gasteiger partial charge in [-0.1, -0.05) is 48.0 Å². The first-order valence-electron chi connectivity index (χ1n) is 12.9. The maximum absolute atomic E-state index is 13.3. The van der Waals surface area contributed by atoms with Crippen molar-refractivity contribution in [1.82, 2.24) is 4.57 Å². The maximum Gasteiger partial charge on any atom is 0.341 e. The number of amides is 1. The smallest absolute Gasteiger partial charge is 0.341 e. The third kappa shape index (κ3) is 5.48. The van der Waals surface area contributed by atoms with Crippen LogP contribution in [-0.4, -0.2) is 28.3 Å². The lowest BCUT2D eigenvalue weighted by Crippen LogP contribution is -2.23. The molecule has 4 aromatic rings. The van der Waals surface area contributed by atoms with E-state index in [1.165, 1.54) is 27.3 Å². The number of carbonyl (C=O) groups excluding carboxylic acids is 2. The number of nitrogens with zero attached hydrogens (tertiary/aromatic N) is 1. The lowest BCUT2D eigenvalue weighted by molar-refractivity contribution is -0.115. The van der Waals surface area contributed by atoms with Crippen molar-refractivity contribution in [1.29, 1.82) is 0 Å². The fourth-order valence-electron chi connectivity index (χ4n) is 4.98. The zero-order valence-corrected chi connectivity index (χ0v) is 23.1. The first-order valence-corrected chi connectivity index (χ1v) is 14.6. The number of thiophene rings is 1. The second-order valence-corrected chi connectivity index (χ2v) is 12.0. The van der Waals surface area contributed by atoms with Crippen LogP contribution >= 0.6 is 23.1 Å². The van der Waals surface area contributed by atoms with E-state index in [1.807, 2.05) is 19.9 Å². The minimum Gasteiger partial charge on any atom is -0.462 e. The van der Waals surface area contributed by atoms with Crippen molar-refractivity contribution in [2.24, 2.45) is 0 Å². The molecule has 5 rings (SSSR count). The molecule has 7 heteroatoms. The number of esters is 1. The molecule has 5 nitrogen and oxygen atoms in total. The van der Waals surface area contributed by atoms with Gasteiger partial charge < -0.3 is 14.6 Å². The Labute approximate surface area is 226 Å². The number of carbonyl (C=O) groups is 2. The van der Waals surface area contributed by atoms with E-state index >= 15 is 0 Å². The number of thioether (sulfide) groups is 1. The van der Waals surface area contributed by atoms with Crippen LogP contribution in [0, 0.1) is 6.92 Å². The number of fused-ring (bicyclic) bond motifs is 2. The second kappa shape index (κ2) is 11.2. The number of aromatic nitrogens is 1. The SMILES string of the molecule is CCOC(=O)c1c(NC(=O)C(C)Sc2cn(Cc3cccc(C)c3)c3ccccc23)sc2c1CCCC2. The highest BCUT2D eigenvalue weighted by atomic mass is 32.2. The molecule has 0 radical (unpaired) electrons. The van der Waals surface area contributed by atoms with Crippen LogP contribution in [0.1, 0.15) is 58.6 Å². The zero-order valence-electron chi connectivity index (χ0n) is 21.5. The van der Waals surface area contributed by atoms with Crippen molar-refractivity contribution in [3.05, 3.63) is 81.9 Å². The molecule has 1 aliphatic carbocycles. The molecule has 0 spiro atoms. The second-order valence-electron chi connectivity index (χ2n) is 9.51. The summed E-state index contributed by atoms with van der Waals surface area (Å²) >= 11 is 3.08.